The third-order valence-corrected chi connectivity index (χ3v) is 5.86. The molecule has 0 fully saturated rings. The van der Waals surface area contributed by atoms with Crippen LogP contribution in [-0.2, 0) is 6.42 Å². The first-order valence-corrected chi connectivity index (χ1v) is 10.8. The molecule has 0 bridgehead atoms. The molecule has 2 N–H and O–H groups in total. The van der Waals surface area contributed by atoms with Gasteiger partial charge in [0.2, 0.25) is 0 Å². The van der Waals surface area contributed by atoms with Crippen molar-refractivity contribution in [2.45, 2.75) is 72.8 Å². The Morgan fingerprint density at radius 2 is 1.77 bits per heavy atom. The van der Waals surface area contributed by atoms with Crippen molar-refractivity contribution in [1.29, 1.82) is 0 Å². The summed E-state index contributed by atoms with van der Waals surface area (Å²) in [5.74, 6) is 0.332. The summed E-state index contributed by atoms with van der Waals surface area (Å²) in [5, 5.41) is 19.4. The Morgan fingerprint density at radius 3 is 2.30 bits per heavy atom. The molecule has 0 heterocycles. The van der Waals surface area contributed by atoms with Gasteiger partial charge in [0.1, 0.15) is 12.4 Å². The lowest BCUT2D eigenvalue weighted by molar-refractivity contribution is 0.0216. The van der Waals surface area contributed by atoms with E-state index in [1.807, 2.05) is 52.8 Å². The van der Waals surface area contributed by atoms with E-state index < -0.39 is 12.1 Å². The molecule has 4 heteroatoms. The van der Waals surface area contributed by atoms with Crippen LogP contribution >= 0.6 is 0 Å². The first kappa shape index (κ1) is 23.9. The van der Waals surface area contributed by atoms with E-state index in [2.05, 4.69) is 19.1 Å². The Morgan fingerprint density at radius 1 is 1.07 bits per heavy atom. The van der Waals surface area contributed by atoms with Crippen molar-refractivity contribution in [1.82, 2.24) is 0 Å². The highest BCUT2D eigenvalue weighted by molar-refractivity contribution is 5.89. The van der Waals surface area contributed by atoms with Crippen LogP contribution in [0.25, 0.3) is 0 Å². The average Bonchev–Trinajstić information content (AvgIpc) is 2.66. The van der Waals surface area contributed by atoms with E-state index >= 15 is 0 Å². The molecule has 0 aliphatic carbocycles. The van der Waals surface area contributed by atoms with Crippen molar-refractivity contribution in [3.63, 3.8) is 0 Å². The zero-order valence-corrected chi connectivity index (χ0v) is 19.2. The molecule has 2 rings (SSSR count). The zero-order chi connectivity index (χ0) is 22.5. The van der Waals surface area contributed by atoms with Crippen molar-refractivity contribution in [3.05, 3.63) is 64.2 Å². The van der Waals surface area contributed by atoms with E-state index in [0.29, 0.717) is 11.5 Å². The second-order valence-electron chi connectivity index (χ2n) is 9.32. The largest absolute Gasteiger partial charge is 0.491 e. The van der Waals surface area contributed by atoms with Crippen molar-refractivity contribution in [2.75, 3.05) is 6.61 Å². The molecule has 0 amide bonds. The number of hydrogen-bond donors (Lipinski definition) is 2. The number of rotatable bonds is 9. The molecule has 0 aliphatic rings. The Bertz CT molecular complexity index is 864. The van der Waals surface area contributed by atoms with Crippen LogP contribution in [0.5, 0.6) is 5.75 Å². The second kappa shape index (κ2) is 10.1. The van der Waals surface area contributed by atoms with Gasteiger partial charge in [0.15, 0.2) is 0 Å². The van der Waals surface area contributed by atoms with Gasteiger partial charge in [-0.2, -0.15) is 0 Å². The highest BCUT2D eigenvalue weighted by atomic mass is 16.5. The summed E-state index contributed by atoms with van der Waals surface area (Å²) in [5.41, 5.74) is 4.51. The Kier molecular flexibility index (Phi) is 8.08. The van der Waals surface area contributed by atoms with Gasteiger partial charge in [0, 0.05) is 0 Å². The normalized spacial score (nSPS) is 13.7. The van der Waals surface area contributed by atoms with Crippen LogP contribution in [0.1, 0.15) is 79.1 Å². The van der Waals surface area contributed by atoms with E-state index in [4.69, 9.17) is 4.74 Å². The van der Waals surface area contributed by atoms with E-state index in [-0.39, 0.29) is 12.0 Å². The molecule has 2 aromatic carbocycles. The fourth-order valence-corrected chi connectivity index (χ4v) is 3.58. The van der Waals surface area contributed by atoms with Crippen molar-refractivity contribution in [2.24, 2.45) is 5.41 Å². The van der Waals surface area contributed by atoms with Crippen LogP contribution in [0.3, 0.4) is 0 Å². The molecule has 0 aromatic heterocycles. The maximum Gasteiger partial charge on any atom is 0.335 e. The first-order chi connectivity index (χ1) is 14.0. The van der Waals surface area contributed by atoms with E-state index in [0.717, 1.165) is 36.1 Å². The summed E-state index contributed by atoms with van der Waals surface area (Å²) >= 11 is 0. The molecule has 0 aliphatic heterocycles. The molecule has 30 heavy (non-hydrogen) atoms. The molecule has 4 nitrogen and oxygen atoms in total. The highest BCUT2D eigenvalue weighted by Gasteiger charge is 2.23. The summed E-state index contributed by atoms with van der Waals surface area (Å²) in [7, 11) is 0. The second-order valence-corrected chi connectivity index (χ2v) is 9.32. The number of aliphatic hydroxyl groups excluding tert-OH is 1. The van der Waals surface area contributed by atoms with E-state index in [9.17, 15) is 15.0 Å². The molecule has 0 saturated carbocycles. The van der Waals surface area contributed by atoms with Gasteiger partial charge in [0.25, 0.3) is 0 Å². The molecule has 2 atom stereocenters. The maximum absolute atomic E-state index is 11.3. The highest BCUT2D eigenvalue weighted by Crippen LogP contribution is 2.29. The van der Waals surface area contributed by atoms with Crippen LogP contribution < -0.4 is 4.74 Å². The van der Waals surface area contributed by atoms with Crippen LogP contribution in [0.4, 0.5) is 0 Å². The molecular formula is C26H36O4. The number of benzene rings is 2. The fraction of sp³-hybridized carbons (Fsp3) is 0.500. The van der Waals surface area contributed by atoms with Crippen LogP contribution in [0, 0.1) is 19.3 Å². The Labute approximate surface area is 180 Å². The number of carboxylic acids is 1. The smallest absolute Gasteiger partial charge is 0.335 e. The molecular weight excluding hydrogens is 376 g/mol. The monoisotopic (exact) mass is 412 g/mol. The van der Waals surface area contributed by atoms with Gasteiger partial charge >= 0.3 is 5.97 Å². The summed E-state index contributed by atoms with van der Waals surface area (Å²) in [4.78, 5) is 11.3. The minimum atomic E-state index is -0.875. The molecule has 2 aromatic rings. The minimum Gasteiger partial charge on any atom is -0.491 e. The predicted molar refractivity (Wildman–Crippen MR) is 122 cm³/mol. The van der Waals surface area contributed by atoms with Gasteiger partial charge in [-0.25, -0.2) is 4.79 Å². The minimum absolute atomic E-state index is 0.204. The molecule has 0 radical (unpaired) electrons. The summed E-state index contributed by atoms with van der Waals surface area (Å²) in [6, 6.07) is 11.9. The number of hydrogen-bond acceptors (Lipinski definition) is 3. The first-order valence-electron chi connectivity index (χ1n) is 10.8. The maximum atomic E-state index is 11.3. The standard InChI is InChI=1S/C26H36O4/c1-7-20(21-11-12-22(25(28)29)17(2)15-21)10-8-19-9-13-23(18(3)14-19)30-16-24(27)26(4,5)6/h9,11-15,20,24,27H,7-8,10,16H2,1-6H3,(H,28,29). The van der Waals surface area contributed by atoms with E-state index in [1.165, 1.54) is 11.1 Å². The summed E-state index contributed by atoms with van der Waals surface area (Å²) < 4.78 is 5.84. The molecule has 0 saturated heterocycles. The lowest BCUT2D eigenvalue weighted by Crippen LogP contribution is -2.32. The fourth-order valence-electron chi connectivity index (χ4n) is 3.58. The number of aromatic carboxylic acids is 1. The average molecular weight is 413 g/mol. The van der Waals surface area contributed by atoms with Crippen molar-refractivity contribution < 1.29 is 19.7 Å². The zero-order valence-electron chi connectivity index (χ0n) is 19.2. The lowest BCUT2D eigenvalue weighted by atomic mass is 9.88. The van der Waals surface area contributed by atoms with Gasteiger partial charge < -0.3 is 14.9 Å². The lowest BCUT2D eigenvalue weighted by Gasteiger charge is -2.26. The topological polar surface area (TPSA) is 66.8 Å². The van der Waals surface area contributed by atoms with Crippen molar-refractivity contribution in [3.8, 4) is 5.75 Å². The Balaban J connectivity index is 2.01. The number of aryl methyl sites for hydroxylation is 3. The van der Waals surface area contributed by atoms with Crippen LogP contribution in [-0.4, -0.2) is 28.9 Å². The van der Waals surface area contributed by atoms with Gasteiger partial charge in [-0.15, -0.1) is 0 Å². The van der Waals surface area contributed by atoms with Crippen LogP contribution in [0.2, 0.25) is 0 Å². The van der Waals surface area contributed by atoms with E-state index in [1.54, 1.807) is 6.07 Å². The summed E-state index contributed by atoms with van der Waals surface area (Å²) in [6.45, 7) is 12.3. The van der Waals surface area contributed by atoms with Gasteiger partial charge in [0.05, 0.1) is 11.7 Å². The van der Waals surface area contributed by atoms with Gasteiger partial charge in [-0.1, -0.05) is 52.0 Å². The Hall–Kier alpha value is -2.33. The van der Waals surface area contributed by atoms with Gasteiger partial charge in [-0.05, 0) is 78.8 Å². The predicted octanol–water partition coefficient (Wildman–Crippen LogP) is 5.91. The molecule has 2 unspecified atom stereocenters. The number of carboxylic acid groups (broad SMARTS) is 1. The van der Waals surface area contributed by atoms with Crippen molar-refractivity contribution >= 4 is 5.97 Å². The molecule has 0 spiro atoms. The SMILES string of the molecule is CCC(CCc1ccc(OCC(O)C(C)(C)C)c(C)c1)c1ccc(C(=O)O)c(C)c1. The number of aliphatic hydroxyl groups is 1. The third kappa shape index (κ3) is 6.33. The van der Waals surface area contributed by atoms with Gasteiger partial charge in [-0.3, -0.25) is 0 Å². The molecule has 164 valence electrons. The third-order valence-electron chi connectivity index (χ3n) is 5.86. The number of ether oxygens (including phenoxy) is 1. The number of carbonyl (C=O) groups is 1. The summed E-state index contributed by atoms with van der Waals surface area (Å²) in [6.07, 6.45) is 2.45. The van der Waals surface area contributed by atoms with Crippen LogP contribution in [0.15, 0.2) is 36.4 Å². The quantitative estimate of drug-likeness (QED) is 0.537.